The Morgan fingerprint density at radius 1 is 0.500 bits per heavy atom. The lowest BCUT2D eigenvalue weighted by Crippen LogP contribution is -1.90. The maximum Gasteiger partial charge on any atom is 0.0434 e. The van der Waals surface area contributed by atoms with Crippen LogP contribution >= 0.6 is 11.3 Å². The van der Waals surface area contributed by atoms with Crippen molar-refractivity contribution in [3.8, 4) is 22.3 Å². The first-order valence-corrected chi connectivity index (χ1v) is 15.9. The van der Waals surface area contributed by atoms with Gasteiger partial charge in [0.25, 0.3) is 0 Å². The summed E-state index contributed by atoms with van der Waals surface area (Å²) in [7, 11) is 0. The SMILES string of the molecule is C=Cc1c(/C=C(\C)c2cccc(-c3cccc4c3sc3c(-c5ccccc5)cccc34)c2)c2ccccc2c2ccccc12. The zero-order chi connectivity index (χ0) is 29.6. The Kier molecular flexibility index (Phi) is 6.47. The van der Waals surface area contributed by atoms with Gasteiger partial charge in [0, 0.05) is 20.2 Å². The third kappa shape index (κ3) is 4.28. The second-order valence-electron chi connectivity index (χ2n) is 11.4. The van der Waals surface area contributed by atoms with Crippen molar-refractivity contribution >= 4 is 70.8 Å². The van der Waals surface area contributed by atoms with Crippen LogP contribution < -0.4 is 0 Å². The van der Waals surface area contributed by atoms with Gasteiger partial charge in [-0.25, -0.2) is 0 Å². The van der Waals surface area contributed by atoms with Crippen molar-refractivity contribution in [3.63, 3.8) is 0 Å². The molecule has 0 aliphatic rings. The molecule has 8 aromatic rings. The van der Waals surface area contributed by atoms with Crippen molar-refractivity contribution in [2.45, 2.75) is 6.92 Å². The normalized spacial score (nSPS) is 12.0. The molecule has 208 valence electrons. The largest absolute Gasteiger partial charge is 0.134 e. The van der Waals surface area contributed by atoms with Crippen molar-refractivity contribution in [3.05, 3.63) is 163 Å². The molecular formula is C43H30S. The van der Waals surface area contributed by atoms with Gasteiger partial charge < -0.3 is 0 Å². The van der Waals surface area contributed by atoms with Crippen LogP contribution in [0.3, 0.4) is 0 Å². The Morgan fingerprint density at radius 3 is 1.64 bits per heavy atom. The smallest absolute Gasteiger partial charge is 0.0434 e. The van der Waals surface area contributed by atoms with E-state index in [-0.39, 0.29) is 0 Å². The molecule has 8 rings (SSSR count). The van der Waals surface area contributed by atoms with Crippen LogP contribution in [-0.2, 0) is 0 Å². The molecule has 0 spiro atoms. The van der Waals surface area contributed by atoms with Crippen LogP contribution in [0.25, 0.3) is 81.7 Å². The molecule has 0 nitrogen and oxygen atoms in total. The van der Waals surface area contributed by atoms with Crippen molar-refractivity contribution in [2.24, 2.45) is 0 Å². The minimum atomic E-state index is 1.18. The second-order valence-corrected chi connectivity index (χ2v) is 12.4. The monoisotopic (exact) mass is 578 g/mol. The summed E-state index contributed by atoms with van der Waals surface area (Å²) in [6.07, 6.45) is 4.35. The highest BCUT2D eigenvalue weighted by molar-refractivity contribution is 7.26. The summed E-state index contributed by atoms with van der Waals surface area (Å²) >= 11 is 1.90. The first kappa shape index (κ1) is 26.4. The van der Waals surface area contributed by atoms with E-state index in [1.807, 2.05) is 17.4 Å². The predicted octanol–water partition coefficient (Wildman–Crippen LogP) is 12.9. The molecule has 0 radical (unpaired) electrons. The summed E-state index contributed by atoms with van der Waals surface area (Å²) in [5, 5.41) is 7.66. The van der Waals surface area contributed by atoms with Gasteiger partial charge in [0.05, 0.1) is 0 Å². The Labute approximate surface area is 261 Å². The maximum atomic E-state index is 4.23. The molecule has 0 aliphatic heterocycles. The summed E-state index contributed by atoms with van der Waals surface area (Å²) in [6, 6.07) is 50.5. The number of hydrogen-bond acceptors (Lipinski definition) is 1. The topological polar surface area (TPSA) is 0 Å². The molecule has 0 unspecified atom stereocenters. The van der Waals surface area contributed by atoms with E-state index >= 15 is 0 Å². The first-order chi connectivity index (χ1) is 21.7. The molecule has 44 heavy (non-hydrogen) atoms. The number of hydrogen-bond donors (Lipinski definition) is 0. The van der Waals surface area contributed by atoms with Crippen LogP contribution in [0.15, 0.2) is 146 Å². The summed E-state index contributed by atoms with van der Waals surface area (Å²) < 4.78 is 2.67. The van der Waals surface area contributed by atoms with Crippen LogP contribution in [0.5, 0.6) is 0 Å². The van der Waals surface area contributed by atoms with Gasteiger partial charge in [-0.3, -0.25) is 0 Å². The molecule has 7 aromatic carbocycles. The van der Waals surface area contributed by atoms with Crippen LogP contribution in [0, 0.1) is 0 Å². The van der Waals surface area contributed by atoms with E-state index in [0.717, 1.165) is 0 Å². The van der Waals surface area contributed by atoms with Crippen LogP contribution in [0.4, 0.5) is 0 Å². The molecule has 0 aliphatic carbocycles. The first-order valence-electron chi connectivity index (χ1n) is 15.1. The summed E-state index contributed by atoms with van der Waals surface area (Å²) in [5.41, 5.74) is 9.91. The third-order valence-electron chi connectivity index (χ3n) is 8.82. The Bertz CT molecular complexity index is 2400. The van der Waals surface area contributed by atoms with Crippen LogP contribution in [0.2, 0.25) is 0 Å². The molecule has 1 heterocycles. The molecule has 0 saturated carbocycles. The highest BCUT2D eigenvalue weighted by Gasteiger charge is 2.15. The van der Waals surface area contributed by atoms with Gasteiger partial charge in [-0.1, -0.05) is 152 Å². The standard InChI is InChI=1S/C43H30S/c1-3-32-35-18-7-8-19-36(35)37-20-9-10-21-38(37)41(32)26-28(2)30-16-11-17-31(27-30)34-23-13-25-40-39-24-12-22-33(42(39)44-43(34)40)29-14-5-4-6-15-29/h3-27H,1H2,2H3/b28-26+. The molecule has 0 fully saturated rings. The summed E-state index contributed by atoms with van der Waals surface area (Å²) in [4.78, 5) is 0. The zero-order valence-electron chi connectivity index (χ0n) is 24.5. The van der Waals surface area contributed by atoms with Gasteiger partial charge in [-0.05, 0) is 79.1 Å². The van der Waals surface area contributed by atoms with Gasteiger partial charge in [-0.2, -0.15) is 0 Å². The van der Waals surface area contributed by atoms with Crippen LogP contribution in [0.1, 0.15) is 23.6 Å². The Hall–Kier alpha value is -5.24. The minimum Gasteiger partial charge on any atom is -0.134 e. The fraction of sp³-hybridized carbons (Fsp3) is 0.0233. The average Bonchev–Trinajstić information content (AvgIpc) is 3.48. The molecular weight excluding hydrogens is 549 g/mol. The van der Waals surface area contributed by atoms with E-state index in [2.05, 4.69) is 159 Å². The number of rotatable bonds is 5. The molecule has 0 bridgehead atoms. The van der Waals surface area contributed by atoms with Gasteiger partial charge in [-0.15, -0.1) is 11.3 Å². The van der Waals surface area contributed by atoms with Crippen molar-refractivity contribution in [2.75, 3.05) is 0 Å². The number of thiophene rings is 1. The van der Waals surface area contributed by atoms with Crippen molar-refractivity contribution in [1.82, 2.24) is 0 Å². The highest BCUT2D eigenvalue weighted by Crippen LogP contribution is 2.44. The lowest BCUT2D eigenvalue weighted by atomic mass is 9.89. The summed E-state index contributed by atoms with van der Waals surface area (Å²) in [6.45, 7) is 6.45. The number of fused-ring (bicyclic) bond motifs is 6. The quantitative estimate of drug-likeness (QED) is 0.141. The average molecular weight is 579 g/mol. The lowest BCUT2D eigenvalue weighted by molar-refractivity contribution is 1.57. The van der Waals surface area contributed by atoms with Crippen molar-refractivity contribution in [1.29, 1.82) is 0 Å². The van der Waals surface area contributed by atoms with Crippen molar-refractivity contribution < 1.29 is 0 Å². The molecule has 1 aromatic heterocycles. The Balaban J connectivity index is 1.28. The highest BCUT2D eigenvalue weighted by atomic mass is 32.1. The number of allylic oxidation sites excluding steroid dienone is 1. The van der Waals surface area contributed by atoms with Crippen LogP contribution in [-0.4, -0.2) is 0 Å². The van der Waals surface area contributed by atoms with E-state index in [4.69, 9.17) is 0 Å². The van der Waals surface area contributed by atoms with Gasteiger partial charge >= 0.3 is 0 Å². The zero-order valence-corrected chi connectivity index (χ0v) is 25.4. The van der Waals surface area contributed by atoms with E-state index < -0.39 is 0 Å². The fourth-order valence-electron chi connectivity index (χ4n) is 6.70. The molecule has 0 N–H and O–H groups in total. The fourth-order valence-corrected chi connectivity index (χ4v) is 8.07. The van der Waals surface area contributed by atoms with Gasteiger partial charge in [0.15, 0.2) is 0 Å². The molecule has 0 saturated heterocycles. The second kappa shape index (κ2) is 10.8. The maximum absolute atomic E-state index is 4.23. The number of benzene rings is 7. The van der Waals surface area contributed by atoms with Gasteiger partial charge in [0.2, 0.25) is 0 Å². The van der Waals surface area contributed by atoms with E-state index in [1.54, 1.807) is 0 Å². The molecule has 1 heteroatoms. The minimum absolute atomic E-state index is 1.18. The van der Waals surface area contributed by atoms with E-state index in [1.165, 1.54) is 86.2 Å². The van der Waals surface area contributed by atoms with E-state index in [0.29, 0.717) is 0 Å². The Morgan fingerprint density at radius 2 is 1.00 bits per heavy atom. The third-order valence-corrected chi connectivity index (χ3v) is 10.1. The lowest BCUT2D eigenvalue weighted by Gasteiger charge is -2.14. The molecule has 0 amide bonds. The molecule has 0 atom stereocenters. The summed E-state index contributed by atoms with van der Waals surface area (Å²) in [5.74, 6) is 0. The van der Waals surface area contributed by atoms with Gasteiger partial charge in [0.1, 0.15) is 0 Å². The predicted molar refractivity (Wildman–Crippen MR) is 195 cm³/mol. The van der Waals surface area contributed by atoms with E-state index in [9.17, 15) is 0 Å².